The summed E-state index contributed by atoms with van der Waals surface area (Å²) < 4.78 is 5.15. The molecule has 0 saturated heterocycles. The van der Waals surface area contributed by atoms with Gasteiger partial charge in [-0.25, -0.2) is 4.79 Å². The van der Waals surface area contributed by atoms with Crippen LogP contribution in [0.3, 0.4) is 0 Å². The molecule has 3 heteroatoms. The van der Waals surface area contributed by atoms with E-state index in [4.69, 9.17) is 10.00 Å². The maximum absolute atomic E-state index is 11.4. The van der Waals surface area contributed by atoms with E-state index in [1.807, 2.05) is 45.0 Å². The van der Waals surface area contributed by atoms with E-state index in [0.717, 1.165) is 11.1 Å². The number of carbonyl (C=O) groups excluding carboxylic acids is 1. The Kier molecular flexibility index (Phi) is 4.67. The largest absolute Gasteiger partial charge is 0.457 e. The lowest BCUT2D eigenvalue weighted by atomic mass is 10.1. The van der Waals surface area contributed by atoms with Gasteiger partial charge in [0.25, 0.3) is 0 Å². The lowest BCUT2D eigenvalue weighted by Gasteiger charge is -2.17. The molecule has 0 radical (unpaired) electrons. The molecule has 94 valence electrons. The zero-order chi connectivity index (χ0) is 13.6. The lowest BCUT2D eigenvalue weighted by Crippen LogP contribution is -2.22. The topological polar surface area (TPSA) is 50.1 Å². The van der Waals surface area contributed by atoms with E-state index in [0.29, 0.717) is 6.42 Å². The molecule has 0 bridgehead atoms. The molecule has 0 N–H and O–H groups in total. The Morgan fingerprint density at radius 3 is 2.44 bits per heavy atom. The first kappa shape index (κ1) is 14.0. The molecule has 0 aromatic heterocycles. The van der Waals surface area contributed by atoms with Gasteiger partial charge in [0.1, 0.15) is 5.60 Å². The highest BCUT2D eigenvalue weighted by Gasteiger charge is 2.13. The number of carbonyl (C=O) groups is 1. The smallest absolute Gasteiger partial charge is 0.331 e. The summed E-state index contributed by atoms with van der Waals surface area (Å²) in [4.78, 5) is 11.4. The Labute approximate surface area is 108 Å². The molecular weight excluding hydrogens is 226 g/mol. The van der Waals surface area contributed by atoms with Crippen molar-refractivity contribution >= 4 is 12.0 Å². The van der Waals surface area contributed by atoms with Crippen LogP contribution < -0.4 is 0 Å². The van der Waals surface area contributed by atoms with Crippen molar-refractivity contribution in [2.75, 3.05) is 0 Å². The molecule has 0 aliphatic heterocycles. The van der Waals surface area contributed by atoms with Gasteiger partial charge in [-0.15, -0.1) is 0 Å². The summed E-state index contributed by atoms with van der Waals surface area (Å²) in [6, 6.07) is 9.57. The van der Waals surface area contributed by atoms with Gasteiger partial charge in [0.15, 0.2) is 0 Å². The predicted molar refractivity (Wildman–Crippen MR) is 70.6 cm³/mol. The standard InChI is InChI=1S/C15H17NO2/c1-15(2,3)18-14(17)9-8-12-4-6-13(7-5-12)10-11-16/h4-9H,10H2,1-3H3. The van der Waals surface area contributed by atoms with Crippen LogP contribution in [-0.4, -0.2) is 11.6 Å². The molecule has 18 heavy (non-hydrogen) atoms. The van der Waals surface area contributed by atoms with Crippen molar-refractivity contribution in [3.63, 3.8) is 0 Å². The van der Waals surface area contributed by atoms with Crippen LogP contribution in [0.4, 0.5) is 0 Å². The third kappa shape index (κ3) is 5.31. The zero-order valence-electron chi connectivity index (χ0n) is 10.9. The molecule has 1 aromatic rings. The van der Waals surface area contributed by atoms with Gasteiger partial charge in [-0.1, -0.05) is 24.3 Å². The molecule has 3 nitrogen and oxygen atoms in total. The Bertz CT molecular complexity index is 473. The Hall–Kier alpha value is -2.08. The second-order valence-corrected chi connectivity index (χ2v) is 4.94. The second-order valence-electron chi connectivity index (χ2n) is 4.94. The first-order valence-corrected chi connectivity index (χ1v) is 5.78. The molecule has 0 amide bonds. The van der Waals surface area contributed by atoms with Crippen LogP contribution in [-0.2, 0) is 16.0 Å². The van der Waals surface area contributed by atoms with Crippen molar-refractivity contribution in [2.45, 2.75) is 32.8 Å². The molecule has 0 heterocycles. The Morgan fingerprint density at radius 1 is 1.33 bits per heavy atom. The minimum Gasteiger partial charge on any atom is -0.457 e. The number of nitriles is 1. The highest BCUT2D eigenvalue weighted by atomic mass is 16.6. The number of hydrogen-bond acceptors (Lipinski definition) is 3. The molecule has 0 aliphatic carbocycles. The highest BCUT2D eigenvalue weighted by molar-refractivity contribution is 5.87. The first-order valence-electron chi connectivity index (χ1n) is 5.78. The zero-order valence-corrected chi connectivity index (χ0v) is 10.9. The molecule has 0 fully saturated rings. The van der Waals surface area contributed by atoms with Crippen molar-refractivity contribution < 1.29 is 9.53 Å². The minimum absolute atomic E-state index is 0.358. The third-order valence-corrected chi connectivity index (χ3v) is 2.08. The van der Waals surface area contributed by atoms with Crippen LogP contribution in [0.5, 0.6) is 0 Å². The van der Waals surface area contributed by atoms with Crippen molar-refractivity contribution in [2.24, 2.45) is 0 Å². The maximum Gasteiger partial charge on any atom is 0.331 e. The summed E-state index contributed by atoms with van der Waals surface area (Å²) in [5, 5.41) is 8.55. The van der Waals surface area contributed by atoms with Crippen LogP contribution >= 0.6 is 0 Å². The molecule has 0 saturated carbocycles. The van der Waals surface area contributed by atoms with E-state index in [1.54, 1.807) is 6.08 Å². The van der Waals surface area contributed by atoms with E-state index in [-0.39, 0.29) is 5.97 Å². The third-order valence-electron chi connectivity index (χ3n) is 2.08. The fourth-order valence-electron chi connectivity index (χ4n) is 1.34. The Balaban J connectivity index is 2.62. The normalized spacial score (nSPS) is 11.2. The van der Waals surface area contributed by atoms with Crippen LogP contribution in [0, 0.1) is 11.3 Å². The van der Waals surface area contributed by atoms with Gasteiger partial charge in [-0.05, 0) is 38.0 Å². The summed E-state index contributed by atoms with van der Waals surface area (Å²) in [5.41, 5.74) is 1.40. The van der Waals surface area contributed by atoms with Gasteiger partial charge in [0.05, 0.1) is 12.5 Å². The average molecular weight is 243 g/mol. The number of esters is 1. The number of nitrogens with zero attached hydrogens (tertiary/aromatic N) is 1. The maximum atomic E-state index is 11.4. The van der Waals surface area contributed by atoms with Crippen molar-refractivity contribution in [1.29, 1.82) is 5.26 Å². The lowest BCUT2D eigenvalue weighted by molar-refractivity contribution is -0.148. The van der Waals surface area contributed by atoms with Crippen molar-refractivity contribution in [3.05, 3.63) is 41.5 Å². The predicted octanol–water partition coefficient (Wildman–Crippen LogP) is 3.11. The van der Waals surface area contributed by atoms with E-state index < -0.39 is 5.60 Å². The summed E-state index contributed by atoms with van der Waals surface area (Å²) in [7, 11) is 0. The van der Waals surface area contributed by atoms with E-state index in [9.17, 15) is 4.79 Å². The highest BCUT2D eigenvalue weighted by Crippen LogP contribution is 2.09. The summed E-state index contributed by atoms with van der Waals surface area (Å²) in [6.45, 7) is 5.49. The molecule has 0 atom stereocenters. The van der Waals surface area contributed by atoms with Gasteiger partial charge in [-0.2, -0.15) is 5.26 Å². The summed E-state index contributed by atoms with van der Waals surface area (Å²) in [6.07, 6.45) is 3.50. The second kappa shape index (κ2) is 6.02. The van der Waals surface area contributed by atoms with Gasteiger partial charge in [-0.3, -0.25) is 0 Å². The fraction of sp³-hybridized carbons (Fsp3) is 0.333. The summed E-state index contributed by atoms with van der Waals surface area (Å²) >= 11 is 0. The van der Waals surface area contributed by atoms with Crippen LogP contribution in [0.15, 0.2) is 30.3 Å². The number of hydrogen-bond donors (Lipinski definition) is 0. The van der Waals surface area contributed by atoms with Gasteiger partial charge in [0, 0.05) is 6.08 Å². The van der Waals surface area contributed by atoms with E-state index in [2.05, 4.69) is 6.07 Å². The molecule has 0 spiro atoms. The molecule has 0 unspecified atom stereocenters. The molecule has 1 aromatic carbocycles. The summed E-state index contributed by atoms with van der Waals surface area (Å²) in [5.74, 6) is -0.358. The average Bonchev–Trinajstić information content (AvgIpc) is 2.26. The fourth-order valence-corrected chi connectivity index (χ4v) is 1.34. The quantitative estimate of drug-likeness (QED) is 0.605. The number of rotatable bonds is 3. The van der Waals surface area contributed by atoms with Crippen molar-refractivity contribution in [3.8, 4) is 6.07 Å². The van der Waals surface area contributed by atoms with Gasteiger partial charge in [0.2, 0.25) is 0 Å². The van der Waals surface area contributed by atoms with Gasteiger partial charge < -0.3 is 4.74 Å². The minimum atomic E-state index is -0.474. The Morgan fingerprint density at radius 2 is 1.94 bits per heavy atom. The monoisotopic (exact) mass is 243 g/mol. The SMILES string of the molecule is CC(C)(C)OC(=O)C=Cc1ccc(CC#N)cc1. The van der Waals surface area contributed by atoms with Crippen LogP contribution in [0.25, 0.3) is 6.08 Å². The van der Waals surface area contributed by atoms with Crippen LogP contribution in [0.2, 0.25) is 0 Å². The van der Waals surface area contributed by atoms with Gasteiger partial charge >= 0.3 is 5.97 Å². The molecule has 1 rings (SSSR count). The molecule has 0 aliphatic rings. The van der Waals surface area contributed by atoms with E-state index >= 15 is 0 Å². The first-order chi connectivity index (χ1) is 8.40. The number of benzene rings is 1. The van der Waals surface area contributed by atoms with Crippen molar-refractivity contribution in [1.82, 2.24) is 0 Å². The van der Waals surface area contributed by atoms with E-state index in [1.165, 1.54) is 6.08 Å². The molecular formula is C15H17NO2. The number of ether oxygens (including phenoxy) is 1. The van der Waals surface area contributed by atoms with Crippen LogP contribution in [0.1, 0.15) is 31.9 Å².